The summed E-state index contributed by atoms with van der Waals surface area (Å²) in [6.45, 7) is 1.47. The number of aliphatic hydroxyl groups is 1. The quantitative estimate of drug-likeness (QED) is 0.723. The van der Waals surface area contributed by atoms with E-state index in [-0.39, 0.29) is 5.54 Å². The highest BCUT2D eigenvalue weighted by molar-refractivity contribution is 4.95. The minimum Gasteiger partial charge on any atom is -0.394 e. The predicted octanol–water partition coefficient (Wildman–Crippen LogP) is 2.07. The molecule has 0 aromatic carbocycles. The SMILES string of the molecule is OCC1(NCC2CCCCC2)CCC1. The van der Waals surface area contributed by atoms with Crippen molar-refractivity contribution in [3.05, 3.63) is 0 Å². The average Bonchev–Trinajstić information content (AvgIpc) is 2.19. The zero-order valence-corrected chi connectivity index (χ0v) is 9.10. The number of hydrogen-bond acceptors (Lipinski definition) is 2. The second-order valence-electron chi connectivity index (χ2n) is 5.18. The Bertz CT molecular complexity index is 166. The number of rotatable bonds is 4. The number of aliphatic hydroxyl groups excluding tert-OH is 1. The third kappa shape index (κ3) is 2.29. The summed E-state index contributed by atoms with van der Waals surface area (Å²) in [4.78, 5) is 0. The lowest BCUT2D eigenvalue weighted by Gasteiger charge is -2.42. The maximum atomic E-state index is 9.30. The van der Waals surface area contributed by atoms with Gasteiger partial charge in [-0.1, -0.05) is 19.3 Å². The van der Waals surface area contributed by atoms with Crippen LogP contribution in [0.15, 0.2) is 0 Å². The van der Waals surface area contributed by atoms with E-state index >= 15 is 0 Å². The van der Waals surface area contributed by atoms with E-state index in [0.29, 0.717) is 6.61 Å². The van der Waals surface area contributed by atoms with E-state index in [4.69, 9.17) is 0 Å². The van der Waals surface area contributed by atoms with Crippen molar-refractivity contribution in [1.29, 1.82) is 0 Å². The molecule has 2 heteroatoms. The van der Waals surface area contributed by atoms with E-state index in [1.807, 2.05) is 0 Å². The summed E-state index contributed by atoms with van der Waals surface area (Å²) in [5.41, 5.74) is 0.122. The Labute approximate surface area is 87.1 Å². The fraction of sp³-hybridized carbons (Fsp3) is 1.00. The fourth-order valence-corrected chi connectivity index (χ4v) is 2.75. The van der Waals surface area contributed by atoms with Crippen molar-refractivity contribution < 1.29 is 5.11 Å². The highest BCUT2D eigenvalue weighted by Gasteiger charge is 2.36. The maximum absolute atomic E-state index is 9.30. The van der Waals surface area contributed by atoms with E-state index in [2.05, 4.69) is 5.32 Å². The molecule has 2 aliphatic rings. The molecule has 0 aromatic rings. The topological polar surface area (TPSA) is 32.3 Å². The van der Waals surface area contributed by atoms with Gasteiger partial charge in [0.1, 0.15) is 0 Å². The molecule has 14 heavy (non-hydrogen) atoms. The van der Waals surface area contributed by atoms with Crippen molar-refractivity contribution in [3.63, 3.8) is 0 Å². The van der Waals surface area contributed by atoms with Crippen LogP contribution in [0.4, 0.5) is 0 Å². The summed E-state index contributed by atoms with van der Waals surface area (Å²) < 4.78 is 0. The Kier molecular flexibility index (Phi) is 3.45. The lowest BCUT2D eigenvalue weighted by Crippen LogP contribution is -2.55. The fourth-order valence-electron chi connectivity index (χ4n) is 2.75. The molecular formula is C12H23NO. The Morgan fingerprint density at radius 2 is 1.79 bits per heavy atom. The molecule has 0 heterocycles. The summed E-state index contributed by atoms with van der Waals surface area (Å²) in [5, 5.41) is 12.9. The smallest absolute Gasteiger partial charge is 0.0613 e. The Hall–Kier alpha value is -0.0800. The van der Waals surface area contributed by atoms with Gasteiger partial charge in [0.05, 0.1) is 6.61 Å². The van der Waals surface area contributed by atoms with Crippen LogP contribution < -0.4 is 5.32 Å². The molecule has 2 saturated carbocycles. The molecular weight excluding hydrogens is 174 g/mol. The van der Waals surface area contributed by atoms with Crippen molar-refractivity contribution >= 4 is 0 Å². The summed E-state index contributed by atoms with van der Waals surface area (Å²) in [6, 6.07) is 0. The van der Waals surface area contributed by atoms with Crippen LogP contribution in [0.5, 0.6) is 0 Å². The van der Waals surface area contributed by atoms with Gasteiger partial charge in [0, 0.05) is 5.54 Å². The summed E-state index contributed by atoms with van der Waals surface area (Å²) in [5.74, 6) is 0.882. The van der Waals surface area contributed by atoms with Crippen LogP contribution >= 0.6 is 0 Å². The van der Waals surface area contributed by atoms with Crippen molar-refractivity contribution in [2.75, 3.05) is 13.2 Å². The van der Waals surface area contributed by atoms with Crippen LogP contribution in [0.2, 0.25) is 0 Å². The van der Waals surface area contributed by atoms with Gasteiger partial charge < -0.3 is 10.4 Å². The van der Waals surface area contributed by atoms with Crippen molar-refractivity contribution in [1.82, 2.24) is 5.32 Å². The zero-order valence-electron chi connectivity index (χ0n) is 9.10. The van der Waals surface area contributed by atoms with Gasteiger partial charge in [-0.3, -0.25) is 0 Å². The van der Waals surface area contributed by atoms with Crippen LogP contribution in [0, 0.1) is 5.92 Å². The molecule has 82 valence electrons. The predicted molar refractivity (Wildman–Crippen MR) is 58.2 cm³/mol. The summed E-state index contributed by atoms with van der Waals surface area (Å²) >= 11 is 0. The first-order valence-corrected chi connectivity index (χ1v) is 6.21. The highest BCUT2D eigenvalue weighted by Crippen LogP contribution is 2.32. The third-order valence-electron chi connectivity index (χ3n) is 4.10. The molecule has 2 N–H and O–H groups in total. The lowest BCUT2D eigenvalue weighted by atomic mass is 9.76. The van der Waals surface area contributed by atoms with Crippen LogP contribution in [0.25, 0.3) is 0 Å². The molecule has 0 aliphatic heterocycles. The van der Waals surface area contributed by atoms with Gasteiger partial charge in [0.25, 0.3) is 0 Å². The van der Waals surface area contributed by atoms with E-state index in [1.54, 1.807) is 0 Å². The number of nitrogens with one attached hydrogen (secondary N) is 1. The Balaban J connectivity index is 1.69. The van der Waals surface area contributed by atoms with Gasteiger partial charge in [-0.2, -0.15) is 0 Å². The van der Waals surface area contributed by atoms with E-state index in [1.165, 1.54) is 51.4 Å². The normalized spacial score (nSPS) is 27.2. The van der Waals surface area contributed by atoms with Crippen molar-refractivity contribution in [3.8, 4) is 0 Å². The second-order valence-corrected chi connectivity index (χ2v) is 5.18. The number of hydrogen-bond donors (Lipinski definition) is 2. The monoisotopic (exact) mass is 197 g/mol. The molecule has 0 bridgehead atoms. The molecule has 2 fully saturated rings. The molecule has 2 rings (SSSR count). The van der Waals surface area contributed by atoms with Gasteiger partial charge in [0.15, 0.2) is 0 Å². The Morgan fingerprint density at radius 3 is 2.29 bits per heavy atom. The molecule has 2 nitrogen and oxygen atoms in total. The molecule has 0 aromatic heterocycles. The van der Waals surface area contributed by atoms with Crippen LogP contribution in [-0.2, 0) is 0 Å². The van der Waals surface area contributed by atoms with E-state index in [9.17, 15) is 5.11 Å². The zero-order chi connectivity index (χ0) is 9.86. The van der Waals surface area contributed by atoms with Gasteiger partial charge in [-0.05, 0) is 44.6 Å². The molecule has 0 unspecified atom stereocenters. The van der Waals surface area contributed by atoms with Gasteiger partial charge >= 0.3 is 0 Å². The minimum absolute atomic E-state index is 0.122. The van der Waals surface area contributed by atoms with Crippen LogP contribution in [0.3, 0.4) is 0 Å². The molecule has 0 atom stereocenters. The molecule has 0 radical (unpaired) electrons. The van der Waals surface area contributed by atoms with E-state index in [0.717, 1.165) is 12.5 Å². The van der Waals surface area contributed by atoms with Gasteiger partial charge in [-0.25, -0.2) is 0 Å². The largest absolute Gasteiger partial charge is 0.394 e. The average molecular weight is 197 g/mol. The minimum atomic E-state index is 0.122. The van der Waals surface area contributed by atoms with Crippen molar-refractivity contribution in [2.45, 2.75) is 56.9 Å². The van der Waals surface area contributed by atoms with Crippen LogP contribution in [-0.4, -0.2) is 23.8 Å². The standard InChI is InChI=1S/C12H23NO/c14-10-12(7-4-8-12)13-9-11-5-2-1-3-6-11/h11,13-14H,1-10H2. The molecule has 0 saturated heterocycles. The molecule has 0 spiro atoms. The molecule has 0 amide bonds. The maximum Gasteiger partial charge on any atom is 0.0613 e. The third-order valence-corrected chi connectivity index (χ3v) is 4.10. The first-order valence-electron chi connectivity index (χ1n) is 6.21. The molecule has 2 aliphatic carbocycles. The first kappa shape index (κ1) is 10.4. The summed E-state index contributed by atoms with van der Waals surface area (Å²) in [6.07, 6.45) is 10.7. The summed E-state index contributed by atoms with van der Waals surface area (Å²) in [7, 11) is 0. The first-order chi connectivity index (χ1) is 6.85. The highest BCUT2D eigenvalue weighted by atomic mass is 16.3. The van der Waals surface area contributed by atoms with E-state index < -0.39 is 0 Å². The van der Waals surface area contributed by atoms with Gasteiger partial charge in [-0.15, -0.1) is 0 Å². The van der Waals surface area contributed by atoms with Crippen LogP contribution in [0.1, 0.15) is 51.4 Å². The van der Waals surface area contributed by atoms with Crippen molar-refractivity contribution in [2.24, 2.45) is 5.92 Å². The van der Waals surface area contributed by atoms with Gasteiger partial charge in [0.2, 0.25) is 0 Å². The lowest BCUT2D eigenvalue weighted by molar-refractivity contribution is 0.0821. The Morgan fingerprint density at radius 1 is 1.07 bits per heavy atom. The second kappa shape index (κ2) is 4.63.